The third-order valence-electron chi connectivity index (χ3n) is 2.90. The van der Waals surface area contributed by atoms with Gasteiger partial charge in [0, 0.05) is 32.4 Å². The first-order valence-corrected chi connectivity index (χ1v) is 5.69. The first-order chi connectivity index (χ1) is 7.29. The van der Waals surface area contributed by atoms with E-state index in [0.717, 1.165) is 39.0 Å². The van der Waals surface area contributed by atoms with Crippen molar-refractivity contribution in [1.29, 1.82) is 0 Å². The van der Waals surface area contributed by atoms with Crippen LogP contribution in [0, 0.1) is 0 Å². The number of aryl methyl sites for hydroxylation is 1. The Kier molecular flexibility index (Phi) is 3.38. The zero-order valence-electron chi connectivity index (χ0n) is 9.26. The van der Waals surface area contributed by atoms with Crippen molar-refractivity contribution in [2.75, 3.05) is 13.1 Å². The van der Waals surface area contributed by atoms with Crippen molar-refractivity contribution in [1.82, 2.24) is 14.5 Å². The molecule has 0 aliphatic carbocycles. The second-order valence-electron chi connectivity index (χ2n) is 4.26. The van der Waals surface area contributed by atoms with Crippen molar-refractivity contribution in [2.45, 2.75) is 39.0 Å². The number of likely N-dealkylation sites (tertiary alicyclic amines) is 1. The molecule has 0 radical (unpaired) electrons. The maximum Gasteiger partial charge on any atom is 0.0948 e. The van der Waals surface area contributed by atoms with Gasteiger partial charge in [0.05, 0.1) is 18.1 Å². The molecule has 84 valence electrons. The number of hydrogen-bond acceptors (Lipinski definition) is 3. The van der Waals surface area contributed by atoms with Gasteiger partial charge in [0.1, 0.15) is 0 Å². The van der Waals surface area contributed by atoms with Gasteiger partial charge in [-0.05, 0) is 12.8 Å². The maximum absolute atomic E-state index is 9.44. The van der Waals surface area contributed by atoms with Gasteiger partial charge in [0.15, 0.2) is 0 Å². The Morgan fingerprint density at radius 1 is 1.60 bits per heavy atom. The molecule has 1 aliphatic heterocycles. The second-order valence-corrected chi connectivity index (χ2v) is 4.26. The first kappa shape index (κ1) is 10.6. The van der Waals surface area contributed by atoms with Crippen LogP contribution in [0.2, 0.25) is 0 Å². The summed E-state index contributed by atoms with van der Waals surface area (Å²) in [6, 6.07) is 0. The molecule has 1 unspecified atom stereocenters. The molecule has 2 rings (SSSR count). The average molecular weight is 209 g/mol. The summed E-state index contributed by atoms with van der Waals surface area (Å²) in [6.07, 6.45) is 5.73. The lowest BCUT2D eigenvalue weighted by atomic mass is 10.3. The van der Waals surface area contributed by atoms with Gasteiger partial charge in [0.2, 0.25) is 0 Å². The molecule has 1 atom stereocenters. The lowest BCUT2D eigenvalue weighted by molar-refractivity contribution is 0.174. The fourth-order valence-corrected chi connectivity index (χ4v) is 2.11. The van der Waals surface area contributed by atoms with Crippen LogP contribution < -0.4 is 0 Å². The van der Waals surface area contributed by atoms with Crippen LogP contribution in [0.5, 0.6) is 0 Å². The number of hydrogen-bond donors (Lipinski definition) is 1. The molecule has 0 bridgehead atoms. The Morgan fingerprint density at radius 2 is 2.47 bits per heavy atom. The minimum Gasteiger partial charge on any atom is -0.392 e. The van der Waals surface area contributed by atoms with Crippen LogP contribution in [0.4, 0.5) is 0 Å². The molecule has 1 saturated heterocycles. The van der Waals surface area contributed by atoms with E-state index in [1.54, 1.807) is 0 Å². The van der Waals surface area contributed by atoms with Gasteiger partial charge >= 0.3 is 0 Å². The zero-order chi connectivity index (χ0) is 10.7. The lowest BCUT2D eigenvalue weighted by Crippen LogP contribution is -2.23. The summed E-state index contributed by atoms with van der Waals surface area (Å²) in [5.74, 6) is 0. The maximum atomic E-state index is 9.44. The number of β-amino-alcohol motifs (C(OH)–C–C–N with tert-alkyl or cyclic N) is 1. The van der Waals surface area contributed by atoms with Crippen molar-refractivity contribution in [3.8, 4) is 0 Å². The van der Waals surface area contributed by atoms with Gasteiger partial charge in [-0.3, -0.25) is 4.90 Å². The minimum atomic E-state index is -0.132. The molecule has 0 amide bonds. The van der Waals surface area contributed by atoms with Crippen LogP contribution in [-0.2, 0) is 13.1 Å². The molecule has 0 aromatic carbocycles. The van der Waals surface area contributed by atoms with Crippen LogP contribution in [0.1, 0.15) is 25.5 Å². The highest BCUT2D eigenvalue weighted by Gasteiger charge is 2.20. The van der Waals surface area contributed by atoms with E-state index in [0.29, 0.717) is 0 Å². The van der Waals surface area contributed by atoms with E-state index in [1.807, 2.05) is 12.5 Å². The van der Waals surface area contributed by atoms with Gasteiger partial charge in [-0.1, -0.05) is 6.92 Å². The predicted octanol–water partition coefficient (Wildman–Crippen LogP) is 0.860. The van der Waals surface area contributed by atoms with E-state index in [2.05, 4.69) is 21.4 Å². The van der Waals surface area contributed by atoms with E-state index >= 15 is 0 Å². The van der Waals surface area contributed by atoms with E-state index in [9.17, 15) is 5.11 Å². The number of imidazole rings is 1. The molecule has 0 saturated carbocycles. The Hall–Kier alpha value is -0.870. The Labute approximate surface area is 90.5 Å². The van der Waals surface area contributed by atoms with Crippen molar-refractivity contribution in [3.63, 3.8) is 0 Å². The molecule has 4 heteroatoms. The van der Waals surface area contributed by atoms with Crippen LogP contribution in [0.25, 0.3) is 0 Å². The van der Waals surface area contributed by atoms with E-state index < -0.39 is 0 Å². The quantitative estimate of drug-likeness (QED) is 0.799. The Bertz CT molecular complexity index is 311. The molecule has 1 N–H and O–H groups in total. The van der Waals surface area contributed by atoms with Crippen molar-refractivity contribution >= 4 is 0 Å². The molecule has 4 nitrogen and oxygen atoms in total. The highest BCUT2D eigenvalue weighted by atomic mass is 16.3. The number of aliphatic hydroxyl groups excluding tert-OH is 1. The monoisotopic (exact) mass is 209 g/mol. The average Bonchev–Trinajstić information content (AvgIpc) is 2.78. The summed E-state index contributed by atoms with van der Waals surface area (Å²) < 4.78 is 2.20. The molecule has 1 aromatic rings. The van der Waals surface area contributed by atoms with Gasteiger partial charge in [-0.2, -0.15) is 0 Å². The molecule has 1 fully saturated rings. The van der Waals surface area contributed by atoms with E-state index in [1.165, 1.54) is 5.69 Å². The summed E-state index contributed by atoms with van der Waals surface area (Å²) in [5, 5.41) is 9.44. The number of aromatic nitrogens is 2. The van der Waals surface area contributed by atoms with Crippen molar-refractivity contribution < 1.29 is 5.11 Å². The predicted molar refractivity (Wildman–Crippen MR) is 58.4 cm³/mol. The molecule has 2 heterocycles. The largest absolute Gasteiger partial charge is 0.392 e. The molecular formula is C11H19N3O. The minimum absolute atomic E-state index is 0.132. The smallest absolute Gasteiger partial charge is 0.0948 e. The third-order valence-corrected chi connectivity index (χ3v) is 2.90. The highest BCUT2D eigenvalue weighted by molar-refractivity contribution is 4.99. The molecule has 0 spiro atoms. The van der Waals surface area contributed by atoms with E-state index in [4.69, 9.17) is 0 Å². The van der Waals surface area contributed by atoms with Crippen LogP contribution >= 0.6 is 0 Å². The fourth-order valence-electron chi connectivity index (χ4n) is 2.11. The van der Waals surface area contributed by atoms with Crippen LogP contribution in [-0.4, -0.2) is 38.8 Å². The second kappa shape index (κ2) is 4.77. The fraction of sp³-hybridized carbons (Fsp3) is 0.727. The van der Waals surface area contributed by atoms with Crippen LogP contribution in [0.15, 0.2) is 12.5 Å². The Morgan fingerprint density at radius 3 is 3.13 bits per heavy atom. The number of rotatable bonds is 4. The van der Waals surface area contributed by atoms with Gasteiger partial charge in [-0.15, -0.1) is 0 Å². The summed E-state index contributed by atoms with van der Waals surface area (Å²) in [6.45, 7) is 5.92. The molecule has 15 heavy (non-hydrogen) atoms. The Balaban J connectivity index is 1.95. The number of nitrogens with zero attached hydrogens (tertiary/aromatic N) is 3. The summed E-state index contributed by atoms with van der Waals surface area (Å²) in [7, 11) is 0. The molecular weight excluding hydrogens is 190 g/mol. The topological polar surface area (TPSA) is 41.3 Å². The van der Waals surface area contributed by atoms with Crippen LogP contribution in [0.3, 0.4) is 0 Å². The summed E-state index contributed by atoms with van der Waals surface area (Å²) in [5.41, 5.74) is 1.26. The molecule has 1 aromatic heterocycles. The molecule has 1 aliphatic rings. The van der Waals surface area contributed by atoms with Gasteiger partial charge < -0.3 is 9.67 Å². The van der Waals surface area contributed by atoms with Crippen molar-refractivity contribution in [2.24, 2.45) is 0 Å². The third kappa shape index (κ3) is 2.58. The zero-order valence-corrected chi connectivity index (χ0v) is 9.26. The normalized spacial score (nSPS) is 22.4. The SMILES string of the molecule is CCCn1cncc1CN1CCC(O)C1. The van der Waals surface area contributed by atoms with Gasteiger partial charge in [0.25, 0.3) is 0 Å². The summed E-state index contributed by atoms with van der Waals surface area (Å²) in [4.78, 5) is 6.46. The highest BCUT2D eigenvalue weighted by Crippen LogP contribution is 2.13. The summed E-state index contributed by atoms with van der Waals surface area (Å²) >= 11 is 0. The van der Waals surface area contributed by atoms with Crippen molar-refractivity contribution in [3.05, 3.63) is 18.2 Å². The number of aliphatic hydroxyl groups is 1. The lowest BCUT2D eigenvalue weighted by Gasteiger charge is -2.15. The first-order valence-electron chi connectivity index (χ1n) is 5.69. The van der Waals surface area contributed by atoms with Gasteiger partial charge in [-0.25, -0.2) is 4.98 Å². The van der Waals surface area contributed by atoms with E-state index in [-0.39, 0.29) is 6.10 Å². The standard InChI is InChI=1S/C11H19N3O/c1-2-4-14-9-12-6-10(14)7-13-5-3-11(15)8-13/h6,9,11,15H,2-5,7-8H2,1H3.